The lowest BCUT2D eigenvalue weighted by atomic mass is 10.1. The summed E-state index contributed by atoms with van der Waals surface area (Å²) in [5.41, 5.74) is 1.82. The van der Waals surface area contributed by atoms with E-state index in [0.717, 1.165) is 11.1 Å². The Bertz CT molecular complexity index is 636. The van der Waals surface area contributed by atoms with Crippen molar-refractivity contribution in [3.63, 3.8) is 0 Å². The molecule has 1 aliphatic heterocycles. The van der Waals surface area contributed by atoms with Gasteiger partial charge in [0.25, 0.3) is 5.91 Å². The Morgan fingerprint density at radius 2 is 1.86 bits per heavy atom. The first-order valence-electron chi connectivity index (χ1n) is 7.01. The number of amides is 1. The third kappa shape index (κ3) is 2.95. The molecule has 2 heterocycles. The van der Waals surface area contributed by atoms with E-state index in [9.17, 15) is 4.79 Å². The van der Waals surface area contributed by atoms with Crippen LogP contribution >= 0.6 is 0 Å². The van der Waals surface area contributed by atoms with E-state index in [2.05, 4.69) is 4.98 Å². The molecule has 0 aliphatic carbocycles. The van der Waals surface area contributed by atoms with Gasteiger partial charge in [-0.25, -0.2) is 4.98 Å². The standard InChI is InChI=1S/C17H18N2O2/c1-17(2)12-19(16(20)11-21-17)15-9-8-14(10-18-15)13-6-4-3-5-7-13/h3-10H,11-12H2,1-2H3. The fraction of sp³-hybridized carbons (Fsp3) is 0.294. The third-order valence-corrected chi connectivity index (χ3v) is 3.56. The van der Waals surface area contributed by atoms with Gasteiger partial charge in [0.15, 0.2) is 0 Å². The highest BCUT2D eigenvalue weighted by molar-refractivity contribution is 5.94. The van der Waals surface area contributed by atoms with Crippen molar-refractivity contribution in [1.82, 2.24) is 4.98 Å². The molecule has 21 heavy (non-hydrogen) atoms. The molecule has 4 heteroatoms. The molecule has 2 aromatic rings. The number of rotatable bonds is 2. The van der Waals surface area contributed by atoms with Gasteiger partial charge in [0.2, 0.25) is 0 Å². The molecular formula is C17H18N2O2. The number of anilines is 1. The van der Waals surface area contributed by atoms with Crippen LogP contribution in [0.3, 0.4) is 0 Å². The minimum Gasteiger partial charge on any atom is -0.364 e. The summed E-state index contributed by atoms with van der Waals surface area (Å²) in [5, 5.41) is 0. The SMILES string of the molecule is CC1(C)CN(c2ccc(-c3ccccc3)cn2)C(=O)CO1. The molecule has 1 fully saturated rings. The van der Waals surface area contributed by atoms with Gasteiger partial charge in [0.1, 0.15) is 12.4 Å². The number of pyridine rings is 1. The van der Waals surface area contributed by atoms with Crippen molar-refractivity contribution in [1.29, 1.82) is 0 Å². The highest BCUT2D eigenvalue weighted by Gasteiger charge is 2.33. The zero-order chi connectivity index (χ0) is 14.9. The van der Waals surface area contributed by atoms with Crippen LogP contribution in [0.4, 0.5) is 5.82 Å². The van der Waals surface area contributed by atoms with Crippen LogP contribution in [0.5, 0.6) is 0 Å². The highest BCUT2D eigenvalue weighted by atomic mass is 16.5. The van der Waals surface area contributed by atoms with Crippen LogP contribution in [0.25, 0.3) is 11.1 Å². The molecule has 3 rings (SSSR count). The number of hydrogen-bond acceptors (Lipinski definition) is 3. The summed E-state index contributed by atoms with van der Waals surface area (Å²) in [5.74, 6) is 0.630. The molecule has 0 bridgehead atoms. The molecule has 1 amide bonds. The minimum absolute atomic E-state index is 0.0470. The summed E-state index contributed by atoms with van der Waals surface area (Å²) in [6.07, 6.45) is 1.81. The first-order chi connectivity index (χ1) is 10.1. The molecule has 1 aromatic carbocycles. The van der Waals surface area contributed by atoms with Crippen LogP contribution in [-0.2, 0) is 9.53 Å². The maximum Gasteiger partial charge on any atom is 0.254 e. The molecular weight excluding hydrogens is 264 g/mol. The predicted molar refractivity (Wildman–Crippen MR) is 82.1 cm³/mol. The maximum absolute atomic E-state index is 12.0. The number of nitrogens with zero attached hydrogens (tertiary/aromatic N) is 2. The van der Waals surface area contributed by atoms with E-state index >= 15 is 0 Å². The van der Waals surface area contributed by atoms with E-state index in [0.29, 0.717) is 12.4 Å². The normalized spacial score (nSPS) is 17.8. The van der Waals surface area contributed by atoms with E-state index in [1.807, 2.05) is 56.3 Å². The lowest BCUT2D eigenvalue weighted by Gasteiger charge is -2.37. The molecule has 0 atom stereocenters. The highest BCUT2D eigenvalue weighted by Crippen LogP contribution is 2.24. The lowest BCUT2D eigenvalue weighted by Crippen LogP contribution is -2.52. The van der Waals surface area contributed by atoms with Crippen LogP contribution in [0, 0.1) is 0 Å². The van der Waals surface area contributed by atoms with Crippen molar-refractivity contribution in [2.45, 2.75) is 19.4 Å². The van der Waals surface area contributed by atoms with Crippen LogP contribution < -0.4 is 4.90 Å². The predicted octanol–water partition coefficient (Wildman–Crippen LogP) is 2.89. The van der Waals surface area contributed by atoms with Crippen LogP contribution in [0.15, 0.2) is 48.7 Å². The second-order valence-electron chi connectivity index (χ2n) is 5.80. The van der Waals surface area contributed by atoms with E-state index < -0.39 is 0 Å². The van der Waals surface area contributed by atoms with Gasteiger partial charge >= 0.3 is 0 Å². The number of benzene rings is 1. The largest absolute Gasteiger partial charge is 0.364 e. The fourth-order valence-electron chi connectivity index (χ4n) is 2.41. The molecule has 0 spiro atoms. The molecule has 0 unspecified atom stereocenters. The third-order valence-electron chi connectivity index (χ3n) is 3.56. The number of hydrogen-bond donors (Lipinski definition) is 0. The zero-order valence-electron chi connectivity index (χ0n) is 12.2. The van der Waals surface area contributed by atoms with E-state index in [4.69, 9.17) is 4.74 Å². The molecule has 0 radical (unpaired) electrons. The Morgan fingerprint density at radius 3 is 2.52 bits per heavy atom. The molecule has 1 saturated heterocycles. The second kappa shape index (κ2) is 5.30. The topological polar surface area (TPSA) is 42.4 Å². The van der Waals surface area contributed by atoms with E-state index in [1.165, 1.54) is 0 Å². The van der Waals surface area contributed by atoms with Crippen LogP contribution in [0.1, 0.15) is 13.8 Å². The number of aromatic nitrogens is 1. The molecule has 1 aromatic heterocycles. The first kappa shape index (κ1) is 13.8. The van der Waals surface area contributed by atoms with Crippen LogP contribution in [0.2, 0.25) is 0 Å². The van der Waals surface area contributed by atoms with Gasteiger partial charge in [-0.2, -0.15) is 0 Å². The Balaban J connectivity index is 1.85. The maximum atomic E-state index is 12.0. The van der Waals surface area contributed by atoms with Gasteiger partial charge in [-0.3, -0.25) is 9.69 Å². The summed E-state index contributed by atoms with van der Waals surface area (Å²) in [7, 11) is 0. The van der Waals surface area contributed by atoms with E-state index in [-0.39, 0.29) is 18.1 Å². The van der Waals surface area contributed by atoms with Crippen molar-refractivity contribution in [3.05, 3.63) is 48.7 Å². The Labute approximate surface area is 124 Å². The lowest BCUT2D eigenvalue weighted by molar-refractivity contribution is -0.135. The number of carbonyl (C=O) groups excluding carboxylic acids is 1. The quantitative estimate of drug-likeness (QED) is 0.850. The number of morpholine rings is 1. The molecule has 0 N–H and O–H groups in total. The van der Waals surface area contributed by atoms with Gasteiger partial charge in [-0.05, 0) is 31.5 Å². The molecule has 4 nitrogen and oxygen atoms in total. The van der Waals surface area contributed by atoms with Gasteiger partial charge in [-0.1, -0.05) is 30.3 Å². The summed E-state index contributed by atoms with van der Waals surface area (Å²) >= 11 is 0. The van der Waals surface area contributed by atoms with E-state index in [1.54, 1.807) is 11.1 Å². The van der Waals surface area contributed by atoms with Gasteiger partial charge in [-0.15, -0.1) is 0 Å². The number of carbonyl (C=O) groups is 1. The molecule has 1 aliphatic rings. The zero-order valence-corrected chi connectivity index (χ0v) is 12.2. The summed E-state index contributed by atoms with van der Waals surface area (Å²) in [4.78, 5) is 18.1. The smallest absolute Gasteiger partial charge is 0.254 e. The summed E-state index contributed by atoms with van der Waals surface area (Å²) in [6.45, 7) is 4.58. The van der Waals surface area contributed by atoms with Crippen molar-refractivity contribution in [3.8, 4) is 11.1 Å². The minimum atomic E-state index is -0.340. The Kier molecular flexibility index (Phi) is 3.47. The molecule has 108 valence electrons. The first-order valence-corrected chi connectivity index (χ1v) is 7.01. The van der Waals surface area contributed by atoms with Crippen molar-refractivity contribution >= 4 is 11.7 Å². The summed E-state index contributed by atoms with van der Waals surface area (Å²) in [6, 6.07) is 13.9. The second-order valence-corrected chi connectivity index (χ2v) is 5.80. The van der Waals surface area contributed by atoms with Gasteiger partial charge in [0, 0.05) is 11.8 Å². The monoisotopic (exact) mass is 282 g/mol. The number of ether oxygens (including phenoxy) is 1. The Morgan fingerprint density at radius 1 is 1.10 bits per heavy atom. The van der Waals surface area contributed by atoms with Crippen molar-refractivity contribution in [2.75, 3.05) is 18.1 Å². The summed E-state index contributed by atoms with van der Waals surface area (Å²) < 4.78 is 5.50. The van der Waals surface area contributed by atoms with Crippen LogP contribution in [-0.4, -0.2) is 29.6 Å². The van der Waals surface area contributed by atoms with Crippen molar-refractivity contribution < 1.29 is 9.53 Å². The fourth-order valence-corrected chi connectivity index (χ4v) is 2.41. The average Bonchev–Trinajstić information content (AvgIpc) is 2.51. The van der Waals surface area contributed by atoms with Gasteiger partial charge < -0.3 is 4.74 Å². The average molecular weight is 282 g/mol. The van der Waals surface area contributed by atoms with Crippen molar-refractivity contribution in [2.24, 2.45) is 0 Å². The molecule has 0 saturated carbocycles. The van der Waals surface area contributed by atoms with Gasteiger partial charge in [0.05, 0.1) is 12.1 Å². The Hall–Kier alpha value is -2.20.